The number of sulfonamides is 1. The summed E-state index contributed by atoms with van der Waals surface area (Å²) >= 11 is 0. The molecule has 0 radical (unpaired) electrons. The lowest BCUT2D eigenvalue weighted by Gasteiger charge is -2.25. The third-order valence-corrected chi connectivity index (χ3v) is 12.1. The van der Waals surface area contributed by atoms with Gasteiger partial charge in [0.1, 0.15) is 16.4 Å². The third kappa shape index (κ3) is 8.47. The quantitative estimate of drug-likeness (QED) is 0.0524. The van der Waals surface area contributed by atoms with Gasteiger partial charge in [0, 0.05) is 46.8 Å². The largest absolute Gasteiger partial charge is 0.456 e. The highest BCUT2D eigenvalue weighted by molar-refractivity contribution is 7.89. The van der Waals surface area contributed by atoms with Gasteiger partial charge in [-0.1, -0.05) is 58.0 Å². The molecule has 1 aliphatic rings. The summed E-state index contributed by atoms with van der Waals surface area (Å²) < 4.78 is 97.4. The summed E-state index contributed by atoms with van der Waals surface area (Å²) in [5.74, 6) is 0.462. The molecule has 0 bridgehead atoms. The van der Waals surface area contributed by atoms with Crippen molar-refractivity contribution >= 4 is 66.1 Å². The minimum atomic E-state index is -4.83. The van der Waals surface area contributed by atoms with E-state index < -0.39 is 35.7 Å². The molecule has 54 heavy (non-hydrogen) atoms. The molecule has 288 valence electrons. The number of hydrogen-bond acceptors (Lipinski definition) is 9. The van der Waals surface area contributed by atoms with Crippen molar-refractivity contribution in [2.24, 2.45) is 5.92 Å². The van der Waals surface area contributed by atoms with Crippen LogP contribution < -0.4 is 35.8 Å². The number of rotatable bonds is 13. The second kappa shape index (κ2) is 15.9. The maximum Gasteiger partial charge on any atom is 0.319 e. The molecular formula is C38H44N4O9S3. The Bertz CT molecular complexity index is 2580. The van der Waals surface area contributed by atoms with Crippen molar-refractivity contribution in [1.82, 2.24) is 10.0 Å². The predicted octanol–water partition coefficient (Wildman–Crippen LogP) is 5.19. The van der Waals surface area contributed by atoms with Crippen molar-refractivity contribution in [3.05, 3.63) is 92.9 Å². The zero-order chi connectivity index (χ0) is 39.7. The molecule has 4 aromatic carbocycles. The molecule has 0 fully saturated rings. The van der Waals surface area contributed by atoms with E-state index in [2.05, 4.69) is 27.3 Å². The second-order valence-corrected chi connectivity index (χ2v) is 17.6. The van der Waals surface area contributed by atoms with Crippen LogP contribution in [-0.2, 0) is 30.8 Å². The molecule has 0 aliphatic carbocycles. The minimum Gasteiger partial charge on any atom is -0.456 e. The fourth-order valence-corrected chi connectivity index (χ4v) is 8.80. The van der Waals surface area contributed by atoms with Gasteiger partial charge in [0.05, 0.1) is 21.2 Å². The Morgan fingerprint density at radius 1 is 0.907 bits per heavy atom. The van der Waals surface area contributed by atoms with E-state index in [1.807, 2.05) is 40.7 Å². The van der Waals surface area contributed by atoms with Crippen LogP contribution in [-0.4, -0.2) is 48.9 Å². The topological polar surface area (TPSA) is 197 Å². The van der Waals surface area contributed by atoms with Crippen LogP contribution in [0.25, 0.3) is 12.2 Å². The molecule has 1 aliphatic heterocycles. The second-order valence-electron chi connectivity index (χ2n) is 13.5. The summed E-state index contributed by atoms with van der Waals surface area (Å²) in [4.78, 5) is 11.9. The minimum absolute atomic E-state index is 0.0191. The first-order valence-electron chi connectivity index (χ1n) is 17.2. The highest BCUT2D eigenvalue weighted by atomic mass is 32.2. The van der Waals surface area contributed by atoms with Crippen molar-refractivity contribution in [3.63, 3.8) is 0 Å². The van der Waals surface area contributed by atoms with Crippen LogP contribution in [0.5, 0.6) is 11.5 Å². The van der Waals surface area contributed by atoms with Gasteiger partial charge in [-0.2, -0.15) is 8.42 Å². The maximum atomic E-state index is 13.5. The number of unbranched alkanes of at least 4 members (excludes halogenated alkanes) is 1. The molecule has 0 unspecified atom stereocenters. The summed E-state index contributed by atoms with van der Waals surface area (Å²) in [6.07, 6.45) is 1.34. The number of carbonyl (C=O) groups excluding carboxylic acids is 1. The Balaban J connectivity index is 1.76. The Hall–Kier alpha value is -4.74. The number of carbonyl (C=O) groups is 1. The van der Waals surface area contributed by atoms with Crippen LogP contribution in [0.3, 0.4) is 0 Å². The Labute approximate surface area is 317 Å². The van der Waals surface area contributed by atoms with Gasteiger partial charge in [-0.15, -0.1) is 0 Å². The molecule has 16 heteroatoms. The lowest BCUT2D eigenvalue weighted by Crippen LogP contribution is -2.32. The summed E-state index contributed by atoms with van der Waals surface area (Å²) in [5, 5.41) is 9.19. The lowest BCUT2D eigenvalue weighted by molar-refractivity contribution is 0.251. The highest BCUT2D eigenvalue weighted by Crippen LogP contribution is 2.43. The smallest absolute Gasteiger partial charge is 0.319 e. The van der Waals surface area contributed by atoms with Gasteiger partial charge in [0.2, 0.25) is 10.0 Å². The SMILES string of the molecule is C=c1cc2c(cc1S(=O)(=O)NCCCC)=C(c1ccccc1S(=O)(=O)O)c1cc([SH](=O)=O)c(Nc3c(C)cc(C)c(NC(=O)NCC(C)C)c3C)cc1O2. The van der Waals surface area contributed by atoms with E-state index in [0.717, 1.165) is 17.5 Å². The fourth-order valence-electron chi connectivity index (χ4n) is 6.30. The molecule has 5 N–H and O–H groups in total. The first kappa shape index (κ1) is 40.4. The van der Waals surface area contributed by atoms with E-state index in [1.54, 1.807) is 6.92 Å². The van der Waals surface area contributed by atoms with Crippen molar-refractivity contribution in [1.29, 1.82) is 0 Å². The zero-order valence-corrected chi connectivity index (χ0v) is 33.3. The van der Waals surface area contributed by atoms with E-state index in [4.69, 9.17) is 4.74 Å². The van der Waals surface area contributed by atoms with Gasteiger partial charge in [-0.25, -0.2) is 26.4 Å². The molecule has 0 spiro atoms. The monoisotopic (exact) mass is 796 g/mol. The molecule has 0 saturated heterocycles. The van der Waals surface area contributed by atoms with Crippen LogP contribution in [0.15, 0.2) is 69.3 Å². The Kier molecular flexibility index (Phi) is 11.9. The number of hydrogen-bond donors (Lipinski definition) is 6. The van der Waals surface area contributed by atoms with E-state index in [1.165, 1.54) is 48.5 Å². The van der Waals surface area contributed by atoms with Crippen LogP contribution >= 0.6 is 0 Å². The molecule has 2 amide bonds. The standard InChI is InChI=1S/C38H44N4O9S3/c1-8-9-14-40-53(46,47)34-18-28-30(16-22(34)4)51-31-19-29(41-36-23(5)15-24(6)37(25(36)7)42-38(43)39-20-21(2)3)32(52(44)45)17-27(31)35(28)26-12-10-11-13-33(26)54(48,49)50/h10-13,15-19,21,40-41,52H,4,8-9,14,20H2,1-3,5-7H3,(H2,39,42,43)(H,48,49,50). The van der Waals surface area contributed by atoms with Gasteiger partial charge in [-0.3, -0.25) is 4.55 Å². The van der Waals surface area contributed by atoms with Crippen molar-refractivity contribution in [3.8, 4) is 11.5 Å². The number of ether oxygens (including phenoxy) is 1. The Morgan fingerprint density at radius 2 is 1.59 bits per heavy atom. The van der Waals surface area contributed by atoms with E-state index in [0.29, 0.717) is 29.9 Å². The number of fused-ring (bicyclic) bond motifs is 2. The van der Waals surface area contributed by atoms with Crippen LogP contribution in [0.4, 0.5) is 21.9 Å². The summed E-state index contributed by atoms with van der Waals surface area (Å²) in [7, 11) is -12.2. The van der Waals surface area contributed by atoms with Gasteiger partial charge < -0.3 is 20.7 Å². The molecule has 4 aromatic rings. The number of urea groups is 1. The third-order valence-electron chi connectivity index (χ3n) is 8.90. The van der Waals surface area contributed by atoms with Gasteiger partial charge in [-0.05, 0) is 79.3 Å². The number of thiol groups is 1. The van der Waals surface area contributed by atoms with E-state index >= 15 is 0 Å². The highest BCUT2D eigenvalue weighted by Gasteiger charge is 2.29. The Morgan fingerprint density at radius 3 is 2.24 bits per heavy atom. The number of amides is 2. The summed E-state index contributed by atoms with van der Waals surface area (Å²) in [6.45, 7) is 15.9. The average Bonchev–Trinajstić information content (AvgIpc) is 3.09. The molecule has 0 aromatic heterocycles. The lowest BCUT2D eigenvalue weighted by atomic mass is 9.92. The van der Waals surface area contributed by atoms with Crippen LogP contribution in [0.2, 0.25) is 0 Å². The number of benzene rings is 4. The number of anilines is 3. The van der Waals surface area contributed by atoms with Crippen molar-refractivity contribution < 1.29 is 39.3 Å². The summed E-state index contributed by atoms with van der Waals surface area (Å²) in [6, 6.07) is 12.5. The summed E-state index contributed by atoms with van der Waals surface area (Å²) in [5.41, 5.74) is 3.58. The van der Waals surface area contributed by atoms with Crippen molar-refractivity contribution in [2.75, 3.05) is 23.7 Å². The first-order valence-corrected chi connectivity index (χ1v) is 21.3. The molecule has 0 saturated carbocycles. The number of nitrogens with one attached hydrogen (secondary N) is 4. The van der Waals surface area contributed by atoms with Crippen LogP contribution in [0, 0.1) is 26.7 Å². The molecule has 13 nitrogen and oxygen atoms in total. The fraction of sp³-hybridized carbons (Fsp3) is 0.289. The molecular weight excluding hydrogens is 753 g/mol. The normalized spacial score (nSPS) is 12.6. The van der Waals surface area contributed by atoms with E-state index in [-0.39, 0.29) is 72.6 Å². The number of aryl methyl sites for hydroxylation is 2. The maximum absolute atomic E-state index is 13.5. The van der Waals surface area contributed by atoms with Gasteiger partial charge in [0.25, 0.3) is 10.1 Å². The van der Waals surface area contributed by atoms with E-state index in [9.17, 15) is 34.6 Å². The molecule has 1 heterocycles. The van der Waals surface area contributed by atoms with Gasteiger partial charge >= 0.3 is 6.03 Å². The first-order chi connectivity index (χ1) is 25.3. The van der Waals surface area contributed by atoms with Crippen LogP contribution in [0.1, 0.15) is 61.4 Å². The van der Waals surface area contributed by atoms with Gasteiger partial charge in [0.15, 0.2) is 10.7 Å². The van der Waals surface area contributed by atoms with Crippen molar-refractivity contribution in [2.45, 2.75) is 69.1 Å². The molecule has 5 rings (SSSR count). The average molecular weight is 797 g/mol. The molecule has 0 atom stereocenters. The predicted molar refractivity (Wildman–Crippen MR) is 210 cm³/mol. The zero-order valence-electron chi connectivity index (χ0n) is 30.8.